The number of nitrogens with zero attached hydrogens (tertiary/aromatic N) is 1. The molecule has 2 rings (SSSR count). The second-order valence-electron chi connectivity index (χ2n) is 4.49. The highest BCUT2D eigenvalue weighted by Crippen LogP contribution is 2.08. The first-order valence-electron chi connectivity index (χ1n) is 5.90. The van der Waals surface area contributed by atoms with Gasteiger partial charge in [-0.2, -0.15) is 0 Å². The molecule has 0 radical (unpaired) electrons. The number of nitrogens with one attached hydrogen (secondary N) is 1. The van der Waals surface area contributed by atoms with E-state index in [0.29, 0.717) is 11.5 Å². The van der Waals surface area contributed by atoms with Crippen molar-refractivity contribution in [1.82, 2.24) is 9.88 Å². The topological polar surface area (TPSA) is 72.2 Å². The zero-order valence-electron chi connectivity index (χ0n) is 10.9. The van der Waals surface area contributed by atoms with Crippen molar-refractivity contribution in [1.29, 1.82) is 0 Å². The van der Waals surface area contributed by atoms with Crippen LogP contribution in [0.15, 0.2) is 34.9 Å². The van der Waals surface area contributed by atoms with E-state index in [2.05, 4.69) is 9.88 Å². The van der Waals surface area contributed by atoms with Gasteiger partial charge in [0, 0.05) is 6.07 Å². The molecule has 0 saturated carbocycles. The first-order chi connectivity index (χ1) is 8.94. The third-order valence-electron chi connectivity index (χ3n) is 2.63. The molecule has 0 aliphatic heterocycles. The summed E-state index contributed by atoms with van der Waals surface area (Å²) in [5.74, 6) is 0.622. The van der Waals surface area contributed by atoms with Gasteiger partial charge in [-0.3, -0.25) is 0 Å². The van der Waals surface area contributed by atoms with E-state index in [1.54, 1.807) is 13.0 Å². The largest absolute Gasteiger partial charge is 0.361 e. The van der Waals surface area contributed by atoms with E-state index >= 15 is 0 Å². The van der Waals surface area contributed by atoms with Crippen LogP contribution in [0, 0.1) is 13.8 Å². The fourth-order valence-corrected chi connectivity index (χ4v) is 2.74. The molecule has 1 heterocycles. The van der Waals surface area contributed by atoms with E-state index in [1.165, 1.54) is 0 Å². The number of rotatable bonds is 5. The first-order valence-corrected chi connectivity index (χ1v) is 7.55. The van der Waals surface area contributed by atoms with Crippen LogP contribution in [-0.2, 0) is 22.3 Å². The lowest BCUT2D eigenvalue weighted by molar-refractivity contribution is 0.390. The van der Waals surface area contributed by atoms with Gasteiger partial charge < -0.3 is 4.52 Å². The van der Waals surface area contributed by atoms with Crippen molar-refractivity contribution in [2.24, 2.45) is 0 Å². The Labute approximate surface area is 112 Å². The van der Waals surface area contributed by atoms with Crippen LogP contribution >= 0.6 is 0 Å². The fraction of sp³-hybridized carbons (Fsp3) is 0.308. The first kappa shape index (κ1) is 13.8. The highest BCUT2D eigenvalue weighted by atomic mass is 32.2. The summed E-state index contributed by atoms with van der Waals surface area (Å²) in [6.07, 6.45) is 0. The number of aryl methyl sites for hydroxylation is 2. The second-order valence-corrected chi connectivity index (χ2v) is 6.30. The SMILES string of the molecule is Cc1ccc(CS(=O)(=O)NCc2cc(C)on2)cc1. The van der Waals surface area contributed by atoms with Gasteiger partial charge in [0.25, 0.3) is 0 Å². The van der Waals surface area contributed by atoms with Gasteiger partial charge in [0.05, 0.1) is 18.0 Å². The minimum atomic E-state index is -3.37. The van der Waals surface area contributed by atoms with Crippen LogP contribution in [0.2, 0.25) is 0 Å². The third-order valence-corrected chi connectivity index (χ3v) is 3.92. The van der Waals surface area contributed by atoms with Crippen LogP contribution in [0.25, 0.3) is 0 Å². The average molecular weight is 280 g/mol. The lowest BCUT2D eigenvalue weighted by Gasteiger charge is -2.05. The van der Waals surface area contributed by atoms with Crippen molar-refractivity contribution in [2.45, 2.75) is 26.1 Å². The maximum Gasteiger partial charge on any atom is 0.216 e. The minimum absolute atomic E-state index is 0.0376. The van der Waals surface area contributed by atoms with Gasteiger partial charge >= 0.3 is 0 Å². The van der Waals surface area contributed by atoms with Gasteiger partial charge in [0.1, 0.15) is 5.76 Å². The highest BCUT2D eigenvalue weighted by molar-refractivity contribution is 7.88. The number of aromatic nitrogens is 1. The Bertz CT molecular complexity index is 645. The molecule has 0 aliphatic carbocycles. The van der Waals surface area contributed by atoms with Gasteiger partial charge in [-0.15, -0.1) is 0 Å². The van der Waals surface area contributed by atoms with Gasteiger partial charge in [-0.25, -0.2) is 13.1 Å². The lowest BCUT2D eigenvalue weighted by Crippen LogP contribution is -2.24. The molecule has 0 amide bonds. The van der Waals surface area contributed by atoms with Crippen LogP contribution in [0.4, 0.5) is 0 Å². The molecule has 5 nitrogen and oxygen atoms in total. The Kier molecular flexibility index (Phi) is 4.01. The summed E-state index contributed by atoms with van der Waals surface area (Å²) in [4.78, 5) is 0. The zero-order valence-corrected chi connectivity index (χ0v) is 11.7. The summed E-state index contributed by atoms with van der Waals surface area (Å²) in [7, 11) is -3.37. The van der Waals surface area contributed by atoms with E-state index in [0.717, 1.165) is 11.1 Å². The molecule has 19 heavy (non-hydrogen) atoms. The molecule has 0 fully saturated rings. The molecule has 0 spiro atoms. The molecular formula is C13H16N2O3S. The highest BCUT2D eigenvalue weighted by Gasteiger charge is 2.12. The van der Waals surface area contributed by atoms with E-state index < -0.39 is 10.0 Å². The number of benzene rings is 1. The predicted molar refractivity (Wildman–Crippen MR) is 71.9 cm³/mol. The van der Waals surface area contributed by atoms with Crippen molar-refractivity contribution >= 4 is 10.0 Å². The quantitative estimate of drug-likeness (QED) is 0.908. The van der Waals surface area contributed by atoms with Crippen molar-refractivity contribution in [3.05, 3.63) is 52.9 Å². The summed E-state index contributed by atoms with van der Waals surface area (Å²) in [6, 6.07) is 9.12. The summed E-state index contributed by atoms with van der Waals surface area (Å²) >= 11 is 0. The average Bonchev–Trinajstić information content (AvgIpc) is 2.76. The Morgan fingerprint density at radius 1 is 1.21 bits per heavy atom. The Morgan fingerprint density at radius 3 is 2.47 bits per heavy atom. The summed E-state index contributed by atoms with van der Waals surface area (Å²) in [5.41, 5.74) is 2.44. The monoisotopic (exact) mass is 280 g/mol. The van der Waals surface area contributed by atoms with Crippen LogP contribution < -0.4 is 4.72 Å². The fourth-order valence-electron chi connectivity index (χ4n) is 1.64. The maximum absolute atomic E-state index is 11.9. The number of hydrogen-bond donors (Lipinski definition) is 1. The summed E-state index contributed by atoms with van der Waals surface area (Å²) < 4.78 is 31.2. The van der Waals surface area contributed by atoms with E-state index in [1.807, 2.05) is 31.2 Å². The molecule has 6 heteroatoms. The Hall–Kier alpha value is -1.66. The van der Waals surface area contributed by atoms with Gasteiger partial charge in [0.2, 0.25) is 10.0 Å². The predicted octanol–water partition coefficient (Wildman–Crippen LogP) is 1.91. The van der Waals surface area contributed by atoms with Crippen molar-refractivity contribution in [3.8, 4) is 0 Å². The zero-order chi connectivity index (χ0) is 13.9. The normalized spacial score (nSPS) is 11.7. The van der Waals surface area contributed by atoms with Crippen molar-refractivity contribution in [3.63, 3.8) is 0 Å². The van der Waals surface area contributed by atoms with Crippen LogP contribution in [0.1, 0.15) is 22.6 Å². The summed E-state index contributed by atoms with van der Waals surface area (Å²) in [6.45, 7) is 3.87. The smallest absolute Gasteiger partial charge is 0.216 e. The van der Waals surface area contributed by atoms with Crippen molar-refractivity contribution in [2.75, 3.05) is 0 Å². The van der Waals surface area contributed by atoms with Gasteiger partial charge in [0.15, 0.2) is 0 Å². The molecule has 0 bridgehead atoms. The molecule has 1 N–H and O–H groups in total. The number of hydrogen-bond acceptors (Lipinski definition) is 4. The molecule has 1 aromatic carbocycles. The molecule has 2 aromatic rings. The molecule has 102 valence electrons. The second kappa shape index (κ2) is 5.54. The Balaban J connectivity index is 1.97. The van der Waals surface area contributed by atoms with Crippen LogP contribution in [-0.4, -0.2) is 13.6 Å². The van der Waals surface area contributed by atoms with Crippen LogP contribution in [0.3, 0.4) is 0 Å². The van der Waals surface area contributed by atoms with Gasteiger partial charge in [-0.1, -0.05) is 35.0 Å². The lowest BCUT2D eigenvalue weighted by atomic mass is 10.2. The molecule has 1 aromatic heterocycles. The third kappa shape index (κ3) is 4.18. The maximum atomic E-state index is 11.9. The van der Waals surface area contributed by atoms with Crippen LogP contribution in [0.5, 0.6) is 0 Å². The minimum Gasteiger partial charge on any atom is -0.361 e. The molecule has 0 saturated heterocycles. The van der Waals surface area contributed by atoms with E-state index in [9.17, 15) is 8.42 Å². The van der Waals surface area contributed by atoms with Gasteiger partial charge in [-0.05, 0) is 19.4 Å². The number of sulfonamides is 1. The molecular weight excluding hydrogens is 264 g/mol. The van der Waals surface area contributed by atoms with Crippen molar-refractivity contribution < 1.29 is 12.9 Å². The Morgan fingerprint density at radius 2 is 1.89 bits per heavy atom. The summed E-state index contributed by atoms with van der Waals surface area (Å²) in [5, 5.41) is 3.74. The molecule has 0 unspecified atom stereocenters. The molecule has 0 atom stereocenters. The van der Waals surface area contributed by atoms with E-state index in [-0.39, 0.29) is 12.3 Å². The standard InChI is InChI=1S/C13H16N2O3S/c1-10-3-5-12(6-4-10)9-19(16,17)14-8-13-7-11(2)18-15-13/h3-7,14H,8-9H2,1-2H3. The van der Waals surface area contributed by atoms with E-state index in [4.69, 9.17) is 4.52 Å². The molecule has 0 aliphatic rings.